The number of nitrogens with one attached hydrogen (secondary N) is 3. The van der Waals surface area contributed by atoms with E-state index < -0.39 is 11.6 Å². The quantitative estimate of drug-likeness (QED) is 0.225. The van der Waals surface area contributed by atoms with Crippen LogP contribution in [0.4, 0.5) is 22.0 Å². The van der Waals surface area contributed by atoms with Crippen molar-refractivity contribution in [1.29, 1.82) is 0 Å². The molecule has 244 valence electrons. The molecule has 5 aliphatic rings. The number of carbonyl (C=O) groups is 1. The Morgan fingerprint density at radius 3 is 2.78 bits per heavy atom. The van der Waals surface area contributed by atoms with Gasteiger partial charge < -0.3 is 16.0 Å². The Balaban J connectivity index is 0.815. The highest BCUT2D eigenvalue weighted by molar-refractivity contribution is 7.97. The number of hydrogen-bond donors (Lipinski definition) is 3. The zero-order valence-corrected chi connectivity index (χ0v) is 27.6. The van der Waals surface area contributed by atoms with Gasteiger partial charge in [0.25, 0.3) is 0 Å². The number of rotatable bonds is 8. The Morgan fingerprint density at radius 2 is 2.00 bits per heavy atom. The molecule has 2 aromatic heterocycles. The monoisotopic (exact) mass is 645 g/mol. The third-order valence-corrected chi connectivity index (χ3v) is 12.1. The number of fused-ring (bicyclic) bond motifs is 3. The van der Waals surface area contributed by atoms with Crippen LogP contribution in [-0.2, 0) is 17.3 Å². The Kier molecular flexibility index (Phi) is 7.93. The number of alkyl halides is 1. The third kappa shape index (κ3) is 5.66. The molecule has 0 radical (unpaired) electrons. The van der Waals surface area contributed by atoms with Gasteiger partial charge in [-0.1, -0.05) is 29.7 Å². The third-order valence-electron chi connectivity index (χ3n) is 10.8. The second-order valence-corrected chi connectivity index (χ2v) is 15.2. The minimum absolute atomic E-state index is 0.0193. The van der Waals surface area contributed by atoms with Crippen LogP contribution in [0.1, 0.15) is 68.4 Å². The Labute approximate surface area is 274 Å². The topological polar surface area (TPSA) is 103 Å². The fourth-order valence-corrected chi connectivity index (χ4v) is 9.31. The molecule has 0 bridgehead atoms. The van der Waals surface area contributed by atoms with E-state index in [-0.39, 0.29) is 11.9 Å². The molecule has 3 fully saturated rings. The number of likely N-dealkylation sites (tertiary alicyclic amines) is 1. The Bertz CT molecular complexity index is 1660. The van der Waals surface area contributed by atoms with Gasteiger partial charge >= 0.3 is 0 Å². The summed E-state index contributed by atoms with van der Waals surface area (Å²) in [6.45, 7) is 4.51. The second kappa shape index (κ2) is 12.1. The highest BCUT2D eigenvalue weighted by Gasteiger charge is 2.57. The summed E-state index contributed by atoms with van der Waals surface area (Å²) in [6.07, 6.45) is 11.5. The van der Waals surface area contributed by atoms with Crippen molar-refractivity contribution in [2.75, 3.05) is 55.7 Å². The highest BCUT2D eigenvalue weighted by atomic mass is 32.2. The molecule has 1 amide bonds. The van der Waals surface area contributed by atoms with Gasteiger partial charge in [-0.25, -0.2) is 13.7 Å². The molecule has 3 aliphatic heterocycles. The van der Waals surface area contributed by atoms with E-state index in [0.29, 0.717) is 35.9 Å². The van der Waals surface area contributed by atoms with Gasteiger partial charge in [-0.3, -0.25) is 14.4 Å². The maximum Gasteiger partial charge on any atom is 0.236 e. The first-order valence-electron chi connectivity index (χ1n) is 17.0. The number of anilines is 3. The molecule has 12 heteroatoms. The van der Waals surface area contributed by atoms with Crippen molar-refractivity contribution in [3.63, 3.8) is 0 Å². The van der Waals surface area contributed by atoms with Crippen LogP contribution in [-0.4, -0.2) is 92.1 Å². The molecule has 2 unspecified atom stereocenters. The van der Waals surface area contributed by atoms with Crippen molar-refractivity contribution >= 4 is 46.3 Å². The molecule has 3 atom stereocenters. The molecule has 10 nitrogen and oxygen atoms in total. The van der Waals surface area contributed by atoms with Crippen LogP contribution in [0.2, 0.25) is 0 Å². The van der Waals surface area contributed by atoms with Gasteiger partial charge in [0.1, 0.15) is 12.0 Å². The number of nitrogens with zero attached hydrogens (tertiary/aromatic N) is 6. The SMILES string of the molecule is CNc1nn(C)c2cc(C3CCN(CC4=CC(SN5CC[C@H](Nc6ncc7c(n6)NC(=O)C76CC6)C(F)C5)CCC4)CC3)ccc12. The zero-order valence-electron chi connectivity index (χ0n) is 26.8. The second-order valence-electron chi connectivity index (χ2n) is 13.8. The number of piperidine rings is 2. The van der Waals surface area contributed by atoms with Gasteiger partial charge in [-0.2, -0.15) is 10.1 Å². The lowest BCUT2D eigenvalue weighted by Gasteiger charge is -2.37. The van der Waals surface area contributed by atoms with Crippen molar-refractivity contribution in [1.82, 2.24) is 29.0 Å². The van der Waals surface area contributed by atoms with Crippen LogP contribution >= 0.6 is 11.9 Å². The first kappa shape index (κ1) is 30.1. The van der Waals surface area contributed by atoms with Gasteiger partial charge in [-0.15, -0.1) is 0 Å². The number of aryl methyl sites for hydroxylation is 1. The largest absolute Gasteiger partial charge is 0.371 e. The summed E-state index contributed by atoms with van der Waals surface area (Å²) >= 11 is 1.83. The number of aromatic nitrogens is 4. The summed E-state index contributed by atoms with van der Waals surface area (Å²) in [7, 11) is 3.94. The molecule has 1 aromatic carbocycles. The Hall–Kier alpha value is -3.22. The standard InChI is InChI=1S/C34H44FN9OS/c1-36-30-25-7-6-23(17-29(25)42(2)41-30)22-8-13-43(14-9-22)19-21-4-3-5-24(16-21)46-44-15-10-28(27(35)20-44)38-33-37-18-26-31(40-33)39-32(45)34(26)11-12-34/h6-7,16-18,22,24,27-28H,3-5,8-15,19-20H2,1-2H3,(H,36,41)(H2,37,38,39,40,45)/t24?,27?,28-/m0/s1. The van der Waals surface area contributed by atoms with Crippen LogP contribution in [0.25, 0.3) is 10.9 Å². The van der Waals surface area contributed by atoms with E-state index in [4.69, 9.17) is 0 Å². The van der Waals surface area contributed by atoms with Gasteiger partial charge in [0.15, 0.2) is 5.82 Å². The number of carbonyl (C=O) groups excluding carboxylic acids is 1. The lowest BCUT2D eigenvalue weighted by molar-refractivity contribution is -0.117. The molecule has 5 heterocycles. The molecular weight excluding hydrogens is 602 g/mol. The predicted octanol–water partition coefficient (Wildman–Crippen LogP) is 5.22. The average Bonchev–Trinajstić information content (AvgIpc) is 3.74. The summed E-state index contributed by atoms with van der Waals surface area (Å²) in [5.74, 6) is 2.52. The minimum Gasteiger partial charge on any atom is -0.371 e. The van der Waals surface area contributed by atoms with E-state index in [1.54, 1.807) is 11.8 Å². The minimum atomic E-state index is -1.01. The molecule has 3 aromatic rings. The zero-order chi connectivity index (χ0) is 31.4. The summed E-state index contributed by atoms with van der Waals surface area (Å²) in [5.41, 5.74) is 4.64. The first-order valence-corrected chi connectivity index (χ1v) is 17.8. The van der Waals surface area contributed by atoms with E-state index in [9.17, 15) is 4.79 Å². The van der Waals surface area contributed by atoms with E-state index >= 15 is 4.39 Å². The van der Waals surface area contributed by atoms with E-state index in [2.05, 4.69) is 64.5 Å². The molecule has 1 spiro atoms. The fourth-order valence-electron chi connectivity index (χ4n) is 7.96. The van der Waals surface area contributed by atoms with Gasteiger partial charge in [0.05, 0.1) is 17.0 Å². The maximum absolute atomic E-state index is 15.4. The first-order chi connectivity index (χ1) is 22.4. The smallest absolute Gasteiger partial charge is 0.236 e. The van der Waals surface area contributed by atoms with Gasteiger partial charge in [0.2, 0.25) is 11.9 Å². The number of amides is 1. The van der Waals surface area contributed by atoms with Crippen LogP contribution < -0.4 is 16.0 Å². The average molecular weight is 646 g/mol. The molecule has 3 N–H and O–H groups in total. The van der Waals surface area contributed by atoms with Crippen LogP contribution in [0.3, 0.4) is 0 Å². The molecule has 1 saturated carbocycles. The van der Waals surface area contributed by atoms with Crippen LogP contribution in [0, 0.1) is 0 Å². The molecular formula is C34H44FN9OS. The number of hydrogen-bond acceptors (Lipinski definition) is 9. The summed E-state index contributed by atoms with van der Waals surface area (Å²) in [4.78, 5) is 23.9. The van der Waals surface area contributed by atoms with Crippen molar-refractivity contribution in [3.05, 3.63) is 47.2 Å². The fraction of sp³-hybridized carbons (Fsp3) is 0.588. The predicted molar refractivity (Wildman–Crippen MR) is 182 cm³/mol. The van der Waals surface area contributed by atoms with E-state index in [1.165, 1.54) is 42.1 Å². The van der Waals surface area contributed by atoms with Crippen molar-refractivity contribution in [3.8, 4) is 0 Å². The summed E-state index contributed by atoms with van der Waals surface area (Å²) in [6, 6.07) is 6.51. The van der Waals surface area contributed by atoms with Crippen LogP contribution in [0.5, 0.6) is 0 Å². The van der Waals surface area contributed by atoms with E-state index in [1.807, 2.05) is 30.7 Å². The van der Waals surface area contributed by atoms with Gasteiger partial charge in [-0.05, 0) is 88.1 Å². The number of halogens is 1. The lowest BCUT2D eigenvalue weighted by atomic mass is 9.88. The van der Waals surface area contributed by atoms with Gasteiger partial charge in [0, 0.05) is 56.1 Å². The molecule has 46 heavy (non-hydrogen) atoms. The normalized spacial score (nSPS) is 26.6. The Morgan fingerprint density at radius 1 is 1.15 bits per heavy atom. The lowest BCUT2D eigenvalue weighted by Crippen LogP contribution is -2.46. The number of benzene rings is 1. The van der Waals surface area contributed by atoms with E-state index in [0.717, 1.165) is 56.8 Å². The van der Waals surface area contributed by atoms with Crippen LogP contribution in [0.15, 0.2) is 36.0 Å². The summed E-state index contributed by atoms with van der Waals surface area (Å²) in [5, 5.41) is 15.5. The maximum atomic E-state index is 15.4. The highest BCUT2D eigenvalue weighted by Crippen LogP contribution is 2.54. The molecule has 8 rings (SSSR count). The van der Waals surface area contributed by atoms with Crippen molar-refractivity contribution < 1.29 is 9.18 Å². The van der Waals surface area contributed by atoms with Crippen molar-refractivity contribution in [2.24, 2.45) is 7.05 Å². The molecule has 2 aliphatic carbocycles. The summed E-state index contributed by atoms with van der Waals surface area (Å²) < 4.78 is 19.6. The van der Waals surface area contributed by atoms with Crippen molar-refractivity contribution in [2.45, 2.75) is 80.2 Å². The molecule has 2 saturated heterocycles.